The standard InChI is InChI=1S/C66H94O5/c1-3-5-7-9-11-13-21-31-61(67)63(47-41-55(42-48-63)53-27-17-15-18-28-53)57-33-37-59(38-34-57)65(45-23-25-51-69-65)71-66(46-24-26-52-70-66)60-39-35-58(36-40-60)64(62(68)32-22-14-12-10-8-6-4-2)49-43-56(44-50-64)54-29-19-16-20-30-54/h15-20,27-30,41-44,47,49,57-60H,3-14,21-26,31-40,45-46,48,50-52H2,1-2H3. The molecule has 0 spiro atoms. The molecule has 4 fully saturated rings. The number of Topliss-reactive ketones (excluding diaryl/α,β-unsaturated/α-hetero) is 2. The fraction of sp³-hybridized carbons (Fsp3) is 0.667. The lowest BCUT2D eigenvalue weighted by Crippen LogP contribution is -2.58. The average molecular weight is 967 g/mol. The Balaban J connectivity index is 0.954. The summed E-state index contributed by atoms with van der Waals surface area (Å²) in [4.78, 5) is 29.4. The molecule has 2 aromatic carbocycles. The van der Waals surface area contributed by atoms with Crippen molar-refractivity contribution in [2.45, 2.75) is 231 Å². The minimum absolute atomic E-state index is 0.265. The molecular formula is C66H94O5. The molecule has 4 unspecified atom stereocenters. The summed E-state index contributed by atoms with van der Waals surface area (Å²) >= 11 is 0. The number of carbonyl (C=O) groups is 2. The Morgan fingerprint density at radius 1 is 0.479 bits per heavy atom. The van der Waals surface area contributed by atoms with Crippen LogP contribution in [0.1, 0.15) is 230 Å². The average Bonchev–Trinajstić information content (AvgIpc) is 3.43. The Hall–Kier alpha value is -3.38. The summed E-state index contributed by atoms with van der Waals surface area (Å²) in [6.07, 6.45) is 48.3. The molecule has 0 bridgehead atoms. The van der Waals surface area contributed by atoms with Crippen molar-refractivity contribution in [1.82, 2.24) is 0 Å². The molecule has 2 heterocycles. The Kier molecular flexibility index (Phi) is 20.3. The maximum Gasteiger partial charge on any atom is 0.174 e. The highest BCUT2D eigenvalue weighted by Crippen LogP contribution is 2.56. The van der Waals surface area contributed by atoms with Crippen molar-refractivity contribution in [1.29, 1.82) is 0 Å². The van der Waals surface area contributed by atoms with Gasteiger partial charge in [0.25, 0.3) is 0 Å². The third-order valence-corrected chi connectivity index (χ3v) is 18.7. The molecule has 2 saturated carbocycles. The molecule has 8 rings (SSSR count). The zero-order valence-electron chi connectivity index (χ0n) is 44.6. The van der Waals surface area contributed by atoms with Crippen molar-refractivity contribution in [3.63, 3.8) is 0 Å². The quantitative estimate of drug-likeness (QED) is 0.0879. The van der Waals surface area contributed by atoms with Gasteiger partial charge in [-0.1, -0.05) is 188 Å². The minimum atomic E-state index is -0.673. The van der Waals surface area contributed by atoms with Crippen molar-refractivity contribution >= 4 is 22.7 Å². The van der Waals surface area contributed by atoms with Gasteiger partial charge in [0, 0.05) is 37.5 Å². The molecule has 2 saturated heterocycles. The van der Waals surface area contributed by atoms with Crippen LogP contribution in [-0.2, 0) is 23.8 Å². The monoisotopic (exact) mass is 967 g/mol. The predicted molar refractivity (Wildman–Crippen MR) is 294 cm³/mol. The van der Waals surface area contributed by atoms with E-state index in [9.17, 15) is 9.59 Å². The zero-order valence-corrected chi connectivity index (χ0v) is 44.6. The van der Waals surface area contributed by atoms with Crippen molar-refractivity contribution in [3.05, 3.63) is 108 Å². The highest BCUT2D eigenvalue weighted by molar-refractivity contribution is 5.91. The van der Waals surface area contributed by atoms with Crippen molar-refractivity contribution in [2.75, 3.05) is 13.2 Å². The van der Waals surface area contributed by atoms with Crippen LogP contribution in [0.2, 0.25) is 0 Å². The van der Waals surface area contributed by atoms with Crippen LogP contribution < -0.4 is 0 Å². The molecule has 388 valence electrons. The first kappa shape index (κ1) is 53.9. The van der Waals surface area contributed by atoms with E-state index in [1.54, 1.807) is 0 Å². The first-order chi connectivity index (χ1) is 34.9. The Labute approximate surface area is 431 Å². The molecule has 0 aromatic heterocycles. The maximum atomic E-state index is 14.7. The first-order valence-corrected chi connectivity index (χ1v) is 29.8. The van der Waals surface area contributed by atoms with Crippen LogP contribution in [0.25, 0.3) is 11.1 Å². The second-order valence-electron chi connectivity index (χ2n) is 23.2. The number of benzene rings is 2. The molecule has 71 heavy (non-hydrogen) atoms. The number of carbonyl (C=O) groups excluding carboxylic acids is 2. The fourth-order valence-electron chi connectivity index (χ4n) is 14.4. The van der Waals surface area contributed by atoms with Gasteiger partial charge in [-0.15, -0.1) is 0 Å². The van der Waals surface area contributed by atoms with E-state index in [0.29, 0.717) is 36.2 Å². The third-order valence-electron chi connectivity index (χ3n) is 18.7. The van der Waals surface area contributed by atoms with Gasteiger partial charge in [-0.2, -0.15) is 0 Å². The van der Waals surface area contributed by atoms with E-state index in [1.807, 2.05) is 0 Å². The molecule has 5 heteroatoms. The number of hydrogen-bond acceptors (Lipinski definition) is 5. The van der Waals surface area contributed by atoms with E-state index in [-0.39, 0.29) is 11.8 Å². The molecule has 5 nitrogen and oxygen atoms in total. The number of allylic oxidation sites excluding steroid dienone is 8. The first-order valence-electron chi connectivity index (χ1n) is 29.8. The number of unbranched alkanes of at least 4 members (excludes halogenated alkanes) is 12. The largest absolute Gasteiger partial charge is 0.349 e. The molecule has 0 radical (unpaired) electrons. The number of hydrogen-bond donors (Lipinski definition) is 0. The topological polar surface area (TPSA) is 61.8 Å². The number of ketones is 2. The van der Waals surface area contributed by atoms with Crippen LogP contribution in [0.5, 0.6) is 0 Å². The van der Waals surface area contributed by atoms with Gasteiger partial charge in [0.05, 0.1) is 24.0 Å². The second-order valence-corrected chi connectivity index (χ2v) is 23.2. The van der Waals surface area contributed by atoms with Crippen LogP contribution in [0, 0.1) is 34.5 Å². The van der Waals surface area contributed by atoms with E-state index in [1.165, 1.54) is 86.5 Å². The summed E-state index contributed by atoms with van der Waals surface area (Å²) < 4.78 is 21.9. The van der Waals surface area contributed by atoms with Gasteiger partial charge < -0.3 is 14.2 Å². The Morgan fingerprint density at radius 3 is 1.18 bits per heavy atom. The lowest BCUT2D eigenvalue weighted by atomic mass is 9.59. The van der Waals surface area contributed by atoms with Crippen LogP contribution in [0.15, 0.2) is 97.1 Å². The van der Waals surface area contributed by atoms with E-state index in [0.717, 1.165) is 142 Å². The van der Waals surface area contributed by atoms with Gasteiger partial charge in [0.15, 0.2) is 11.6 Å². The van der Waals surface area contributed by atoms with Gasteiger partial charge in [-0.05, 0) is 137 Å². The molecular weight excluding hydrogens is 873 g/mol. The zero-order chi connectivity index (χ0) is 49.3. The smallest absolute Gasteiger partial charge is 0.174 e. The molecule has 2 aliphatic heterocycles. The number of rotatable bonds is 26. The van der Waals surface area contributed by atoms with Gasteiger partial charge in [-0.25, -0.2) is 0 Å². The lowest BCUT2D eigenvalue weighted by Gasteiger charge is -2.55. The highest BCUT2D eigenvalue weighted by Gasteiger charge is 2.56. The SMILES string of the molecule is CCCCCCCCCC(=O)C1(C2CCC(C3(OC4(C5CCC(C6(C(=O)CCCCCCCCC)C=CC(c7ccccc7)=CC6)CC5)CCCCO4)CCCCO3)CC2)C=CC(c2ccccc2)=CC1. The van der Waals surface area contributed by atoms with Gasteiger partial charge in [0.2, 0.25) is 0 Å². The summed E-state index contributed by atoms with van der Waals surface area (Å²) in [5.74, 6) is 0.715. The van der Waals surface area contributed by atoms with Gasteiger partial charge >= 0.3 is 0 Å². The van der Waals surface area contributed by atoms with Crippen molar-refractivity contribution in [2.24, 2.45) is 34.5 Å². The normalized spacial score (nSPS) is 31.2. The van der Waals surface area contributed by atoms with Crippen molar-refractivity contribution in [3.8, 4) is 0 Å². The Bertz CT molecular complexity index is 1900. The summed E-state index contributed by atoms with van der Waals surface area (Å²) in [6, 6.07) is 21.4. The summed E-state index contributed by atoms with van der Waals surface area (Å²) in [7, 11) is 0. The van der Waals surface area contributed by atoms with E-state index in [2.05, 4.69) is 111 Å². The summed E-state index contributed by atoms with van der Waals surface area (Å²) in [5, 5.41) is 0. The van der Waals surface area contributed by atoms with Crippen molar-refractivity contribution < 1.29 is 23.8 Å². The summed E-state index contributed by atoms with van der Waals surface area (Å²) in [6.45, 7) is 6.01. The molecule has 0 N–H and O–H groups in total. The summed E-state index contributed by atoms with van der Waals surface area (Å²) in [5.41, 5.74) is 4.05. The van der Waals surface area contributed by atoms with E-state index < -0.39 is 22.4 Å². The molecule has 0 amide bonds. The predicted octanol–water partition coefficient (Wildman–Crippen LogP) is 17.9. The van der Waals surface area contributed by atoms with Crippen LogP contribution >= 0.6 is 0 Å². The molecule has 6 aliphatic rings. The second kappa shape index (κ2) is 26.7. The molecule has 4 atom stereocenters. The van der Waals surface area contributed by atoms with Crippen LogP contribution in [0.4, 0.5) is 0 Å². The maximum absolute atomic E-state index is 14.7. The fourth-order valence-corrected chi connectivity index (χ4v) is 14.4. The lowest BCUT2D eigenvalue weighted by molar-refractivity contribution is -0.410. The van der Waals surface area contributed by atoms with Crippen LogP contribution in [0.3, 0.4) is 0 Å². The van der Waals surface area contributed by atoms with Gasteiger partial charge in [-0.3, -0.25) is 9.59 Å². The van der Waals surface area contributed by atoms with Gasteiger partial charge in [0.1, 0.15) is 11.6 Å². The molecule has 4 aliphatic carbocycles. The highest BCUT2D eigenvalue weighted by atomic mass is 16.8. The van der Waals surface area contributed by atoms with E-state index in [4.69, 9.17) is 14.2 Å². The minimum Gasteiger partial charge on any atom is -0.349 e. The Morgan fingerprint density at radius 2 is 0.845 bits per heavy atom. The van der Waals surface area contributed by atoms with E-state index >= 15 is 0 Å². The third kappa shape index (κ3) is 13.3. The number of ether oxygens (including phenoxy) is 3. The van der Waals surface area contributed by atoms with Crippen LogP contribution in [-0.4, -0.2) is 36.4 Å². The molecule has 2 aromatic rings.